The molecule has 1 aromatic heterocycles. The summed E-state index contributed by atoms with van der Waals surface area (Å²) in [5, 5.41) is 1.21. The van der Waals surface area contributed by atoms with Crippen molar-refractivity contribution in [2.24, 2.45) is 0 Å². The molecule has 0 amide bonds. The zero-order valence-electron chi connectivity index (χ0n) is 49.6. The van der Waals surface area contributed by atoms with Crippen molar-refractivity contribution >= 4 is 159 Å². The van der Waals surface area contributed by atoms with Crippen LogP contribution in [0.15, 0.2) is 340 Å². The van der Waals surface area contributed by atoms with Crippen LogP contribution in [-0.2, 0) is 0 Å². The second kappa shape index (κ2) is 21.7. The quantitative estimate of drug-likeness (QED) is 0.119. The van der Waals surface area contributed by atoms with Crippen molar-refractivity contribution in [3.05, 3.63) is 340 Å². The van der Waals surface area contributed by atoms with E-state index in [4.69, 9.17) is 0 Å². The predicted molar refractivity (Wildman–Crippen MR) is 387 cm³/mol. The molecule has 4 aliphatic heterocycles. The minimum Gasteiger partial charge on any atom is -0.311 e. The summed E-state index contributed by atoms with van der Waals surface area (Å²) in [6.07, 6.45) is 0. The fourth-order valence-corrected chi connectivity index (χ4v) is 16.0. The molecule has 13 aromatic carbocycles. The third kappa shape index (κ3) is 8.57. The summed E-state index contributed by atoms with van der Waals surface area (Å²) in [6, 6.07) is 125. The van der Waals surface area contributed by atoms with E-state index in [-0.39, 0.29) is 13.4 Å². The highest BCUT2D eigenvalue weighted by atomic mass is 32.1. The van der Waals surface area contributed by atoms with E-state index in [0.717, 1.165) is 96.7 Å². The lowest BCUT2D eigenvalue weighted by atomic mass is 9.30. The van der Waals surface area contributed by atoms with Crippen LogP contribution >= 0.6 is 11.3 Å². The fourth-order valence-electron chi connectivity index (χ4n) is 14.8. The zero-order valence-corrected chi connectivity index (χ0v) is 50.4. The van der Waals surface area contributed by atoms with Gasteiger partial charge in [0.05, 0.1) is 16.4 Å². The minimum atomic E-state index is -0.178. The van der Waals surface area contributed by atoms with Crippen molar-refractivity contribution < 1.29 is 0 Å². The van der Waals surface area contributed by atoms with Crippen LogP contribution in [0.5, 0.6) is 0 Å². The number of fused-ring (bicyclic) bond motifs is 8. The van der Waals surface area contributed by atoms with Gasteiger partial charge in [0.2, 0.25) is 0 Å². The average molecular weight is 1180 g/mol. The monoisotopic (exact) mass is 1180 g/mol. The molecule has 0 saturated heterocycles. The number of para-hydroxylation sites is 9. The second-order valence-corrected chi connectivity index (χ2v) is 24.7. The molecule has 0 bridgehead atoms. The molecule has 0 fully saturated rings. The highest BCUT2D eigenvalue weighted by molar-refractivity contribution is 7.23. The van der Waals surface area contributed by atoms with E-state index in [1.165, 1.54) is 48.2 Å². The van der Waals surface area contributed by atoms with E-state index >= 15 is 0 Å². The van der Waals surface area contributed by atoms with E-state index in [1.54, 1.807) is 0 Å². The van der Waals surface area contributed by atoms with Gasteiger partial charge in [0, 0.05) is 90.2 Å². The van der Waals surface area contributed by atoms with Gasteiger partial charge in [-0.05, 0) is 178 Å². The van der Waals surface area contributed by atoms with Gasteiger partial charge in [0.1, 0.15) is 0 Å². The summed E-state index contributed by atoms with van der Waals surface area (Å²) in [4.78, 5) is 16.3. The zero-order chi connectivity index (χ0) is 59.9. The van der Waals surface area contributed by atoms with Gasteiger partial charge in [0.15, 0.2) is 0 Å². The molecule has 0 radical (unpaired) electrons. The molecular formula is C82H56B2N6S. The first-order valence-corrected chi connectivity index (χ1v) is 32.0. The largest absolute Gasteiger partial charge is 0.311 e. The summed E-state index contributed by atoms with van der Waals surface area (Å²) >= 11 is 1.89. The van der Waals surface area contributed by atoms with Crippen LogP contribution in [0.1, 0.15) is 0 Å². The third-order valence-corrected chi connectivity index (χ3v) is 19.7. The topological polar surface area (TPSA) is 19.4 Å². The van der Waals surface area contributed by atoms with Crippen molar-refractivity contribution in [1.82, 2.24) is 0 Å². The number of benzene rings is 13. The Morgan fingerprint density at radius 1 is 0.231 bits per heavy atom. The lowest BCUT2D eigenvalue weighted by Gasteiger charge is -2.47. The molecular weight excluding hydrogens is 1120 g/mol. The van der Waals surface area contributed by atoms with Gasteiger partial charge in [-0.2, -0.15) is 0 Å². The van der Waals surface area contributed by atoms with Crippen LogP contribution in [0.3, 0.4) is 0 Å². The Hall–Kier alpha value is -11.5. The number of rotatable bonds is 11. The molecule has 0 atom stereocenters. The summed E-state index contributed by atoms with van der Waals surface area (Å²) < 4.78 is 0. The molecule has 0 spiro atoms. The van der Waals surface area contributed by atoms with Crippen LogP contribution in [0.2, 0.25) is 0 Å². The van der Waals surface area contributed by atoms with Crippen molar-refractivity contribution in [2.75, 3.05) is 29.4 Å². The average Bonchev–Trinajstić information content (AvgIpc) is 1.42. The molecule has 0 unspecified atom stereocenters. The standard InChI is InChI=1S/C82H56B2N6S/c1-10-30-57(31-11-1)79-55-71-82(91-79)90(65-46-26-9-27-47-65)78-53-67(86(60-36-16-4-17-37-60)61-38-18-5-19-39-61)52-77-81(78)84(71)70-54-69-73(56-74(70)89(77)64-44-24-8-25-45-64)88(63-42-22-7-23-43-63)76-51-66(85(58-32-12-2-13-33-58)59-34-14-3-15-35-59)50-75-80(76)83(69)68-48-28-29-49-72(68)87(75)62-40-20-6-21-41-62/h1-56H. The maximum absolute atomic E-state index is 2.64. The molecule has 0 N–H and O–H groups in total. The SMILES string of the molecule is c1ccc(-c2cc3c(s2)N(c2ccccc2)c2cc(N(c4ccccc4)c4ccccc4)cc4c2B3c2cc3c(cc2N4c2ccccc2)N(c2ccccc2)c2cc(N(c4ccccc4)c4ccccc4)cc4c2B3c2ccccc2N4c2ccccc2)cc1. The summed E-state index contributed by atoms with van der Waals surface area (Å²) in [7, 11) is 0. The summed E-state index contributed by atoms with van der Waals surface area (Å²) in [6.45, 7) is -0.342. The van der Waals surface area contributed by atoms with Crippen molar-refractivity contribution in [3.63, 3.8) is 0 Å². The fraction of sp³-hybridized carbons (Fsp3) is 0. The number of hydrogen-bond donors (Lipinski definition) is 0. The predicted octanol–water partition coefficient (Wildman–Crippen LogP) is 18.5. The van der Waals surface area contributed by atoms with Crippen LogP contribution < -0.4 is 62.2 Å². The lowest BCUT2D eigenvalue weighted by Crippen LogP contribution is -2.65. The van der Waals surface area contributed by atoms with Gasteiger partial charge < -0.3 is 29.4 Å². The molecule has 4 aliphatic rings. The molecule has 5 heterocycles. The number of hydrogen-bond acceptors (Lipinski definition) is 7. The Morgan fingerprint density at radius 2 is 0.549 bits per heavy atom. The Balaban J connectivity index is 0.972. The molecule has 14 aromatic rings. The smallest absolute Gasteiger partial charge is 0.253 e. The number of anilines is 18. The van der Waals surface area contributed by atoms with Crippen LogP contribution in [0.25, 0.3) is 10.4 Å². The molecule has 6 nitrogen and oxygen atoms in total. The van der Waals surface area contributed by atoms with E-state index in [9.17, 15) is 0 Å². The molecule has 0 saturated carbocycles. The molecule has 91 heavy (non-hydrogen) atoms. The van der Waals surface area contributed by atoms with Crippen LogP contribution in [0.4, 0.5) is 102 Å². The van der Waals surface area contributed by atoms with Gasteiger partial charge in [-0.3, -0.25) is 0 Å². The maximum atomic E-state index is 2.64. The van der Waals surface area contributed by atoms with Gasteiger partial charge >= 0.3 is 0 Å². The third-order valence-electron chi connectivity index (χ3n) is 18.5. The van der Waals surface area contributed by atoms with Crippen LogP contribution in [-0.4, -0.2) is 13.4 Å². The van der Waals surface area contributed by atoms with Gasteiger partial charge in [-0.25, -0.2) is 0 Å². The highest BCUT2D eigenvalue weighted by Gasteiger charge is 2.49. The Labute approximate surface area is 535 Å². The second-order valence-electron chi connectivity index (χ2n) is 23.6. The molecule has 9 heteroatoms. The maximum Gasteiger partial charge on any atom is 0.253 e. The first kappa shape index (κ1) is 52.6. The number of nitrogens with zero attached hydrogens (tertiary/aromatic N) is 6. The van der Waals surface area contributed by atoms with Crippen molar-refractivity contribution in [2.45, 2.75) is 0 Å². The van der Waals surface area contributed by atoms with E-state index in [1.807, 2.05) is 11.3 Å². The normalized spacial score (nSPS) is 12.9. The van der Waals surface area contributed by atoms with E-state index < -0.39 is 0 Å². The Kier molecular flexibility index (Phi) is 12.5. The van der Waals surface area contributed by atoms with E-state index in [0.29, 0.717) is 0 Å². The Morgan fingerprint density at radius 3 is 0.956 bits per heavy atom. The minimum absolute atomic E-state index is 0.165. The van der Waals surface area contributed by atoms with Gasteiger partial charge in [0.25, 0.3) is 13.4 Å². The first-order chi connectivity index (χ1) is 45.2. The summed E-state index contributed by atoms with van der Waals surface area (Å²) in [5.74, 6) is 0. The molecule has 0 aliphatic carbocycles. The van der Waals surface area contributed by atoms with Crippen molar-refractivity contribution in [1.29, 1.82) is 0 Å². The van der Waals surface area contributed by atoms with Crippen molar-refractivity contribution in [3.8, 4) is 10.4 Å². The first-order valence-electron chi connectivity index (χ1n) is 31.2. The highest BCUT2D eigenvalue weighted by Crippen LogP contribution is 2.53. The van der Waals surface area contributed by atoms with Crippen LogP contribution in [0, 0.1) is 0 Å². The van der Waals surface area contributed by atoms with E-state index in [2.05, 4.69) is 369 Å². The molecule has 18 rings (SSSR count). The van der Waals surface area contributed by atoms with Gasteiger partial charge in [-0.15, -0.1) is 11.3 Å². The lowest BCUT2D eigenvalue weighted by molar-refractivity contribution is 1.22. The Bertz CT molecular complexity index is 4950. The van der Waals surface area contributed by atoms with Gasteiger partial charge in [-0.1, -0.05) is 200 Å². The molecule has 426 valence electrons. The summed E-state index contributed by atoms with van der Waals surface area (Å²) in [5.41, 5.74) is 27.5. The number of thiophene rings is 1.